The molecule has 0 aliphatic rings. The molecule has 0 radical (unpaired) electrons. The molecule has 110 valence electrons. The second-order valence-corrected chi connectivity index (χ2v) is 5.55. The van der Waals surface area contributed by atoms with Gasteiger partial charge in [0.25, 0.3) is 0 Å². The van der Waals surface area contributed by atoms with Gasteiger partial charge in [-0.05, 0) is 48.2 Å². The maximum Gasteiger partial charge on any atom is 0.243 e. The number of amides is 1. The Hall–Kier alpha value is -2.29. The number of hydrogen-bond donors (Lipinski definition) is 2. The van der Waals surface area contributed by atoms with Gasteiger partial charge in [0.15, 0.2) is 0 Å². The molecular weight excluding hydrogens is 260 g/mol. The smallest absolute Gasteiger partial charge is 0.243 e. The van der Waals surface area contributed by atoms with Gasteiger partial charge in [-0.2, -0.15) is 0 Å². The summed E-state index contributed by atoms with van der Waals surface area (Å²) in [7, 11) is 0. The first-order valence-corrected chi connectivity index (χ1v) is 7.25. The molecule has 3 heteroatoms. The van der Waals surface area contributed by atoms with E-state index in [4.69, 9.17) is 0 Å². The summed E-state index contributed by atoms with van der Waals surface area (Å²) < 4.78 is 0. The summed E-state index contributed by atoms with van der Waals surface area (Å²) in [5.41, 5.74) is 4.20. The zero-order valence-corrected chi connectivity index (χ0v) is 12.8. The van der Waals surface area contributed by atoms with Gasteiger partial charge < -0.3 is 10.6 Å². The lowest BCUT2D eigenvalue weighted by Gasteiger charge is -2.11. The van der Waals surface area contributed by atoms with Crippen LogP contribution >= 0.6 is 0 Å². The van der Waals surface area contributed by atoms with E-state index in [1.807, 2.05) is 43.3 Å². The molecule has 0 unspecified atom stereocenters. The molecule has 0 aromatic heterocycles. The number of carbonyl (C=O) groups excluding carboxylic acids is 1. The molecular formula is C18H22N2O. The Labute approximate surface area is 126 Å². The molecule has 2 aromatic carbocycles. The molecule has 3 nitrogen and oxygen atoms in total. The van der Waals surface area contributed by atoms with Gasteiger partial charge in [0.1, 0.15) is 0 Å². The third-order valence-electron chi connectivity index (χ3n) is 3.31. The number of anilines is 2. The van der Waals surface area contributed by atoms with E-state index < -0.39 is 0 Å². The van der Waals surface area contributed by atoms with Crippen molar-refractivity contribution in [1.82, 2.24) is 0 Å². The van der Waals surface area contributed by atoms with Crippen LogP contribution in [0.5, 0.6) is 0 Å². The summed E-state index contributed by atoms with van der Waals surface area (Å²) in [5.74, 6) is 0.434. The predicted octanol–water partition coefficient (Wildman–Crippen LogP) is 4.17. The van der Waals surface area contributed by atoms with Crippen LogP contribution in [0.2, 0.25) is 0 Å². The lowest BCUT2D eigenvalue weighted by atomic mass is 10.0. The second-order valence-electron chi connectivity index (χ2n) is 5.55. The normalized spacial score (nSPS) is 10.5. The number of benzene rings is 2. The maximum absolute atomic E-state index is 11.9. The van der Waals surface area contributed by atoms with E-state index in [0.717, 1.165) is 16.9 Å². The van der Waals surface area contributed by atoms with E-state index in [1.54, 1.807) is 0 Å². The van der Waals surface area contributed by atoms with Crippen molar-refractivity contribution in [2.45, 2.75) is 26.7 Å². The first kappa shape index (κ1) is 15.1. The Kier molecular flexibility index (Phi) is 4.99. The summed E-state index contributed by atoms with van der Waals surface area (Å²) in [6.45, 7) is 6.58. The third-order valence-corrected chi connectivity index (χ3v) is 3.31. The molecule has 0 fully saturated rings. The van der Waals surface area contributed by atoms with Crippen molar-refractivity contribution in [2.24, 2.45) is 0 Å². The highest BCUT2D eigenvalue weighted by Crippen LogP contribution is 2.18. The average molecular weight is 282 g/mol. The monoisotopic (exact) mass is 282 g/mol. The molecule has 21 heavy (non-hydrogen) atoms. The summed E-state index contributed by atoms with van der Waals surface area (Å²) in [5, 5.41) is 6.05. The minimum absolute atomic E-state index is 0.0458. The first-order chi connectivity index (χ1) is 10.0. The number of carbonyl (C=O) groups is 1. The Balaban J connectivity index is 1.90. The van der Waals surface area contributed by atoms with E-state index in [2.05, 4.69) is 36.6 Å². The van der Waals surface area contributed by atoms with Gasteiger partial charge in [-0.15, -0.1) is 0 Å². The van der Waals surface area contributed by atoms with Gasteiger partial charge in [0.05, 0.1) is 6.54 Å². The van der Waals surface area contributed by atoms with E-state index in [-0.39, 0.29) is 12.5 Å². The summed E-state index contributed by atoms with van der Waals surface area (Å²) in [6, 6.07) is 16.0. The highest BCUT2D eigenvalue weighted by molar-refractivity contribution is 5.93. The minimum atomic E-state index is -0.0458. The topological polar surface area (TPSA) is 41.1 Å². The largest absolute Gasteiger partial charge is 0.376 e. The van der Waals surface area contributed by atoms with Crippen LogP contribution in [0.3, 0.4) is 0 Å². The van der Waals surface area contributed by atoms with Gasteiger partial charge in [0.2, 0.25) is 5.91 Å². The summed E-state index contributed by atoms with van der Waals surface area (Å²) >= 11 is 0. The zero-order valence-electron chi connectivity index (χ0n) is 12.8. The van der Waals surface area contributed by atoms with Crippen molar-refractivity contribution >= 4 is 17.3 Å². The Morgan fingerprint density at radius 2 is 1.76 bits per heavy atom. The fourth-order valence-corrected chi connectivity index (χ4v) is 2.12. The summed E-state index contributed by atoms with van der Waals surface area (Å²) in [6.07, 6.45) is 0. The fraction of sp³-hybridized carbons (Fsp3) is 0.278. The van der Waals surface area contributed by atoms with Crippen molar-refractivity contribution in [3.05, 3.63) is 59.7 Å². The molecule has 0 atom stereocenters. The molecule has 1 amide bonds. The molecule has 0 bridgehead atoms. The Morgan fingerprint density at radius 3 is 2.48 bits per heavy atom. The van der Waals surface area contributed by atoms with E-state index >= 15 is 0 Å². The lowest BCUT2D eigenvalue weighted by molar-refractivity contribution is -0.114. The van der Waals surface area contributed by atoms with E-state index in [0.29, 0.717) is 5.92 Å². The zero-order chi connectivity index (χ0) is 15.2. The van der Waals surface area contributed by atoms with Crippen LogP contribution in [0.25, 0.3) is 0 Å². The number of hydrogen-bond acceptors (Lipinski definition) is 2. The van der Waals surface area contributed by atoms with Crippen LogP contribution in [-0.2, 0) is 4.79 Å². The predicted molar refractivity (Wildman–Crippen MR) is 88.8 cm³/mol. The molecule has 0 heterocycles. The van der Waals surface area contributed by atoms with Gasteiger partial charge in [-0.1, -0.05) is 38.1 Å². The average Bonchev–Trinajstić information content (AvgIpc) is 2.45. The Morgan fingerprint density at radius 1 is 1.05 bits per heavy atom. The first-order valence-electron chi connectivity index (χ1n) is 7.25. The standard InChI is InChI=1S/C18H22N2O/c1-13(2)15-7-5-8-16(11-15)19-12-18(21)20-17-9-4-6-14(3)10-17/h4-11,13,19H,12H2,1-3H3,(H,20,21). The van der Waals surface area contributed by atoms with Crippen molar-refractivity contribution in [3.8, 4) is 0 Å². The second kappa shape index (κ2) is 6.93. The van der Waals surface area contributed by atoms with Gasteiger partial charge in [-0.25, -0.2) is 0 Å². The number of rotatable bonds is 5. The lowest BCUT2D eigenvalue weighted by Crippen LogP contribution is -2.21. The van der Waals surface area contributed by atoms with Crippen LogP contribution < -0.4 is 10.6 Å². The molecule has 0 spiro atoms. The van der Waals surface area contributed by atoms with Gasteiger partial charge in [-0.3, -0.25) is 4.79 Å². The van der Waals surface area contributed by atoms with Crippen LogP contribution in [-0.4, -0.2) is 12.5 Å². The number of aryl methyl sites for hydroxylation is 1. The van der Waals surface area contributed by atoms with Crippen molar-refractivity contribution in [2.75, 3.05) is 17.2 Å². The molecule has 2 rings (SSSR count). The SMILES string of the molecule is Cc1cccc(NC(=O)CNc2cccc(C(C)C)c2)c1. The highest BCUT2D eigenvalue weighted by atomic mass is 16.1. The number of nitrogens with one attached hydrogen (secondary N) is 2. The van der Waals surface area contributed by atoms with Crippen molar-refractivity contribution < 1.29 is 4.79 Å². The Bertz CT molecular complexity index is 620. The van der Waals surface area contributed by atoms with E-state index in [1.165, 1.54) is 5.56 Å². The highest BCUT2D eigenvalue weighted by Gasteiger charge is 2.04. The van der Waals surface area contributed by atoms with Gasteiger partial charge in [0, 0.05) is 11.4 Å². The minimum Gasteiger partial charge on any atom is -0.376 e. The molecule has 0 aliphatic carbocycles. The maximum atomic E-state index is 11.9. The van der Waals surface area contributed by atoms with Crippen LogP contribution in [0, 0.1) is 6.92 Å². The van der Waals surface area contributed by atoms with Crippen molar-refractivity contribution in [1.29, 1.82) is 0 Å². The fourth-order valence-electron chi connectivity index (χ4n) is 2.12. The molecule has 2 N–H and O–H groups in total. The molecule has 0 aliphatic heterocycles. The van der Waals surface area contributed by atoms with Gasteiger partial charge >= 0.3 is 0 Å². The van der Waals surface area contributed by atoms with Crippen LogP contribution in [0.1, 0.15) is 30.9 Å². The third kappa shape index (κ3) is 4.63. The van der Waals surface area contributed by atoms with E-state index in [9.17, 15) is 4.79 Å². The van der Waals surface area contributed by atoms with Crippen molar-refractivity contribution in [3.63, 3.8) is 0 Å². The summed E-state index contributed by atoms with van der Waals surface area (Å²) in [4.78, 5) is 11.9. The quantitative estimate of drug-likeness (QED) is 0.864. The molecule has 2 aromatic rings. The van der Waals surface area contributed by atoms with Crippen LogP contribution in [0.4, 0.5) is 11.4 Å². The molecule has 0 saturated heterocycles. The van der Waals surface area contributed by atoms with Crippen LogP contribution in [0.15, 0.2) is 48.5 Å². The molecule has 0 saturated carbocycles.